The van der Waals surface area contributed by atoms with Gasteiger partial charge in [-0.05, 0) is 38.0 Å². The van der Waals surface area contributed by atoms with Gasteiger partial charge in [0.25, 0.3) is 5.91 Å². The van der Waals surface area contributed by atoms with Gasteiger partial charge in [0.2, 0.25) is 0 Å². The number of aliphatic hydroxyl groups excluding tert-OH is 1. The van der Waals surface area contributed by atoms with E-state index in [1.165, 1.54) is 0 Å². The molecule has 1 aliphatic rings. The number of hydrogen-bond acceptors (Lipinski definition) is 5. The molecule has 2 atom stereocenters. The zero-order valence-electron chi connectivity index (χ0n) is 17.4. The molecule has 1 saturated heterocycles. The highest BCUT2D eigenvalue weighted by Crippen LogP contribution is 2.34. The summed E-state index contributed by atoms with van der Waals surface area (Å²) in [6, 6.07) is 13.4. The van der Waals surface area contributed by atoms with Crippen molar-refractivity contribution in [2.45, 2.75) is 38.5 Å². The van der Waals surface area contributed by atoms with E-state index in [2.05, 4.69) is 15.3 Å². The summed E-state index contributed by atoms with van der Waals surface area (Å²) in [5.74, 6) is 1.05. The first-order valence-corrected chi connectivity index (χ1v) is 10.3. The van der Waals surface area contributed by atoms with Crippen LogP contribution in [0.3, 0.4) is 0 Å². The molecule has 1 fully saturated rings. The van der Waals surface area contributed by atoms with E-state index in [-0.39, 0.29) is 5.91 Å². The number of piperidine rings is 1. The number of hydrogen-bond donors (Lipinski definition) is 2. The van der Waals surface area contributed by atoms with Crippen LogP contribution in [0.5, 0.6) is 0 Å². The molecule has 3 heterocycles. The van der Waals surface area contributed by atoms with E-state index in [0.717, 1.165) is 25.2 Å². The zero-order chi connectivity index (χ0) is 21.1. The van der Waals surface area contributed by atoms with Crippen molar-refractivity contribution < 1.29 is 14.3 Å². The molecule has 158 valence electrons. The van der Waals surface area contributed by atoms with Crippen LogP contribution in [-0.2, 0) is 12.1 Å². The molecule has 1 amide bonds. The number of carbonyl (C=O) groups is 1. The lowest BCUT2D eigenvalue weighted by Crippen LogP contribution is -2.62. The fourth-order valence-corrected chi connectivity index (χ4v) is 4.29. The van der Waals surface area contributed by atoms with Crippen LogP contribution in [-0.4, -0.2) is 51.4 Å². The second kappa shape index (κ2) is 8.45. The molecule has 4 rings (SSSR count). The Morgan fingerprint density at radius 3 is 2.70 bits per heavy atom. The van der Waals surface area contributed by atoms with E-state index in [9.17, 15) is 9.90 Å². The number of nitrogens with zero attached hydrogens (tertiary/aromatic N) is 3. The van der Waals surface area contributed by atoms with Gasteiger partial charge in [-0.2, -0.15) is 5.10 Å². The van der Waals surface area contributed by atoms with Gasteiger partial charge in [-0.3, -0.25) is 14.4 Å². The van der Waals surface area contributed by atoms with Crippen LogP contribution in [0, 0.1) is 13.8 Å². The molecule has 3 aromatic rings. The monoisotopic (exact) mass is 408 g/mol. The Labute approximate surface area is 176 Å². The smallest absolute Gasteiger partial charge is 0.255 e. The molecule has 30 heavy (non-hydrogen) atoms. The fourth-order valence-electron chi connectivity index (χ4n) is 4.29. The van der Waals surface area contributed by atoms with Crippen LogP contribution in [0.15, 0.2) is 59.3 Å². The summed E-state index contributed by atoms with van der Waals surface area (Å²) in [5.41, 5.74) is 0.574. The molecule has 2 aromatic heterocycles. The minimum Gasteiger partial charge on any atom is -0.466 e. The van der Waals surface area contributed by atoms with E-state index in [4.69, 9.17) is 4.42 Å². The van der Waals surface area contributed by atoms with Crippen molar-refractivity contribution in [1.82, 2.24) is 20.0 Å². The number of rotatable bonds is 6. The van der Waals surface area contributed by atoms with Crippen molar-refractivity contribution >= 4 is 5.91 Å². The van der Waals surface area contributed by atoms with Gasteiger partial charge in [-0.1, -0.05) is 30.3 Å². The number of amides is 1. The molecule has 1 aliphatic heterocycles. The predicted molar refractivity (Wildman–Crippen MR) is 113 cm³/mol. The largest absolute Gasteiger partial charge is 0.466 e. The average Bonchev–Trinajstić information content (AvgIpc) is 3.38. The first-order valence-electron chi connectivity index (χ1n) is 10.3. The van der Waals surface area contributed by atoms with Gasteiger partial charge in [0, 0.05) is 32.0 Å². The number of aryl methyl sites for hydroxylation is 2. The fraction of sp³-hybridized carbons (Fsp3) is 0.391. The maximum atomic E-state index is 13.1. The number of β-amino-alcohol motifs (C(OH)–C–C–N with tert-alkyl or cyclic N) is 1. The number of likely N-dealkylation sites (tertiary alicyclic amines) is 1. The molecule has 0 aliphatic carbocycles. The van der Waals surface area contributed by atoms with Crippen LogP contribution in [0.4, 0.5) is 0 Å². The lowest BCUT2D eigenvalue weighted by molar-refractivity contribution is -0.0165. The maximum absolute atomic E-state index is 13.1. The van der Waals surface area contributed by atoms with Crippen molar-refractivity contribution in [3.8, 4) is 0 Å². The summed E-state index contributed by atoms with van der Waals surface area (Å²) in [6.07, 6.45) is 3.56. The molecule has 0 saturated carbocycles. The van der Waals surface area contributed by atoms with Crippen LogP contribution in [0.25, 0.3) is 0 Å². The lowest BCUT2D eigenvalue weighted by atomic mass is 9.78. The number of aromatic nitrogens is 2. The van der Waals surface area contributed by atoms with Gasteiger partial charge in [0.05, 0.1) is 23.8 Å². The number of nitrogens with one attached hydrogen (secondary N) is 1. The second-order valence-corrected chi connectivity index (χ2v) is 7.95. The van der Waals surface area contributed by atoms with E-state index in [1.54, 1.807) is 19.2 Å². The van der Waals surface area contributed by atoms with Crippen molar-refractivity contribution in [3.63, 3.8) is 0 Å². The summed E-state index contributed by atoms with van der Waals surface area (Å²) >= 11 is 0. The average molecular weight is 409 g/mol. The zero-order valence-corrected chi connectivity index (χ0v) is 17.4. The molecule has 0 radical (unpaired) electrons. The molecule has 7 nitrogen and oxygen atoms in total. The normalized spacial score (nSPS) is 22.2. The summed E-state index contributed by atoms with van der Waals surface area (Å²) in [6.45, 7) is 6.39. The minimum absolute atomic E-state index is 0.225. The quantitative estimate of drug-likeness (QED) is 0.655. The van der Waals surface area contributed by atoms with Gasteiger partial charge >= 0.3 is 0 Å². The van der Waals surface area contributed by atoms with Crippen LogP contribution >= 0.6 is 0 Å². The van der Waals surface area contributed by atoms with Gasteiger partial charge in [-0.15, -0.1) is 0 Å². The van der Waals surface area contributed by atoms with Crippen molar-refractivity contribution in [2.24, 2.45) is 0 Å². The number of carbonyl (C=O) groups excluding carboxylic acids is 1. The van der Waals surface area contributed by atoms with Crippen molar-refractivity contribution in [3.05, 3.63) is 77.5 Å². The van der Waals surface area contributed by atoms with Gasteiger partial charge in [0.15, 0.2) is 0 Å². The Kier molecular flexibility index (Phi) is 5.74. The second-order valence-electron chi connectivity index (χ2n) is 7.95. The Balaban J connectivity index is 1.55. The third kappa shape index (κ3) is 4.04. The van der Waals surface area contributed by atoms with E-state index >= 15 is 0 Å². The third-order valence-corrected chi connectivity index (χ3v) is 5.94. The minimum atomic E-state index is -0.849. The molecule has 0 bridgehead atoms. The van der Waals surface area contributed by atoms with Crippen LogP contribution < -0.4 is 5.32 Å². The maximum Gasteiger partial charge on any atom is 0.255 e. The summed E-state index contributed by atoms with van der Waals surface area (Å²) in [4.78, 5) is 15.3. The van der Waals surface area contributed by atoms with Gasteiger partial charge < -0.3 is 14.8 Å². The Morgan fingerprint density at radius 2 is 2.07 bits per heavy atom. The first kappa shape index (κ1) is 20.4. The van der Waals surface area contributed by atoms with Crippen molar-refractivity contribution in [1.29, 1.82) is 0 Å². The first-order chi connectivity index (χ1) is 14.5. The Hall–Kier alpha value is -2.90. The van der Waals surface area contributed by atoms with Crippen molar-refractivity contribution in [2.75, 3.05) is 19.6 Å². The van der Waals surface area contributed by atoms with E-state index in [0.29, 0.717) is 30.0 Å². The molecular weight excluding hydrogens is 380 g/mol. The predicted octanol–water partition coefficient (Wildman–Crippen LogP) is 2.49. The molecule has 7 heteroatoms. The summed E-state index contributed by atoms with van der Waals surface area (Å²) in [7, 11) is 0. The highest BCUT2D eigenvalue weighted by Gasteiger charge is 2.45. The number of benzene rings is 1. The standard InChI is InChI=1S/C23H28N4O3/c1-17-15-20(18(2)30-17)22(29)25-23(19-7-4-3-5-8-19)9-12-26(16-21(23)28)13-14-27-11-6-10-24-27/h3-8,10-11,15,21,28H,9,12-14,16H2,1-2H3,(H,25,29)/t21-,23+/m1/s1. The van der Waals surface area contributed by atoms with Crippen LogP contribution in [0.2, 0.25) is 0 Å². The topological polar surface area (TPSA) is 83.5 Å². The van der Waals surface area contributed by atoms with E-state index in [1.807, 2.05) is 54.2 Å². The number of aliphatic hydroxyl groups is 1. The molecule has 0 spiro atoms. The molecule has 0 unspecified atom stereocenters. The third-order valence-electron chi connectivity index (χ3n) is 5.94. The molecule has 2 N–H and O–H groups in total. The molecular formula is C23H28N4O3. The highest BCUT2D eigenvalue weighted by atomic mass is 16.3. The lowest BCUT2D eigenvalue weighted by Gasteiger charge is -2.46. The van der Waals surface area contributed by atoms with Gasteiger partial charge in [-0.25, -0.2) is 0 Å². The summed E-state index contributed by atoms with van der Waals surface area (Å²) < 4.78 is 7.42. The number of furan rings is 1. The summed E-state index contributed by atoms with van der Waals surface area (Å²) in [5, 5.41) is 18.7. The Bertz CT molecular complexity index is 983. The highest BCUT2D eigenvalue weighted by molar-refractivity contribution is 5.96. The van der Waals surface area contributed by atoms with Crippen LogP contribution in [0.1, 0.15) is 33.9 Å². The molecule has 1 aromatic carbocycles. The van der Waals surface area contributed by atoms with E-state index < -0.39 is 11.6 Å². The Morgan fingerprint density at radius 1 is 1.27 bits per heavy atom. The van der Waals surface area contributed by atoms with Gasteiger partial charge in [0.1, 0.15) is 11.5 Å². The SMILES string of the molecule is Cc1cc(C(=O)N[C@]2(c3ccccc3)CCN(CCn3cccn3)C[C@H]2O)c(C)o1.